The van der Waals surface area contributed by atoms with Gasteiger partial charge >= 0.3 is 11.9 Å². The molecule has 0 saturated heterocycles. The fourth-order valence-electron chi connectivity index (χ4n) is 1.08. The van der Waals surface area contributed by atoms with E-state index in [1.165, 1.54) is 0 Å². The minimum Gasteiger partial charge on any atom is -0.460 e. The van der Waals surface area contributed by atoms with Gasteiger partial charge in [-0.2, -0.15) is 0 Å². The smallest absolute Gasteiger partial charge is 0.307 e. The van der Waals surface area contributed by atoms with E-state index in [1.807, 2.05) is 20.8 Å². The number of aliphatic hydroxyl groups excluding tert-OH is 1. The van der Waals surface area contributed by atoms with Crippen molar-refractivity contribution in [2.24, 2.45) is 0 Å². The molecule has 0 aliphatic carbocycles. The van der Waals surface area contributed by atoms with Crippen molar-refractivity contribution in [3.8, 4) is 0 Å². The van der Waals surface area contributed by atoms with E-state index in [0.717, 1.165) is 0 Å². The lowest BCUT2D eigenvalue weighted by atomic mass is 10.1. The number of hydrogen-bond donors (Lipinski definition) is 1. The minimum absolute atomic E-state index is 0.212. The molecule has 0 aliphatic rings. The summed E-state index contributed by atoms with van der Waals surface area (Å²) < 4.78 is 9.43. The average molecular weight is 232 g/mol. The van der Waals surface area contributed by atoms with Crippen LogP contribution in [0, 0.1) is 0 Å². The van der Waals surface area contributed by atoms with Gasteiger partial charge < -0.3 is 14.6 Å². The molecule has 0 aromatic carbocycles. The van der Waals surface area contributed by atoms with Crippen LogP contribution in [0.1, 0.15) is 46.5 Å². The van der Waals surface area contributed by atoms with Gasteiger partial charge in [0.15, 0.2) is 6.79 Å². The second-order valence-corrected chi connectivity index (χ2v) is 4.44. The molecule has 94 valence electrons. The summed E-state index contributed by atoms with van der Waals surface area (Å²) in [6.07, 6.45) is 1.64. The van der Waals surface area contributed by atoms with E-state index >= 15 is 0 Å². The van der Waals surface area contributed by atoms with E-state index in [9.17, 15) is 9.59 Å². The molecule has 0 rings (SSSR count). The van der Waals surface area contributed by atoms with E-state index < -0.39 is 18.4 Å². The standard InChI is InChI=1S/C11H20O5/c1-11(2,3)16-10(14)7-5-4-6-9(13)15-8-12/h12H,4-8H2,1-3H3. The highest BCUT2D eigenvalue weighted by atomic mass is 16.6. The summed E-state index contributed by atoms with van der Waals surface area (Å²) >= 11 is 0. The Balaban J connectivity index is 3.52. The number of rotatable bonds is 6. The van der Waals surface area contributed by atoms with Gasteiger partial charge in [-0.05, 0) is 33.6 Å². The Morgan fingerprint density at radius 2 is 1.56 bits per heavy atom. The molecule has 0 aromatic rings. The Hall–Kier alpha value is -1.10. The highest BCUT2D eigenvalue weighted by Crippen LogP contribution is 2.10. The molecule has 0 aliphatic heterocycles. The summed E-state index contributed by atoms with van der Waals surface area (Å²) in [6.45, 7) is 4.83. The molecule has 0 amide bonds. The maximum atomic E-state index is 11.3. The molecule has 0 aromatic heterocycles. The number of ether oxygens (including phenoxy) is 2. The Labute approximate surface area is 95.7 Å². The number of esters is 2. The Morgan fingerprint density at radius 1 is 1.06 bits per heavy atom. The predicted molar refractivity (Wildman–Crippen MR) is 57.5 cm³/mol. The van der Waals surface area contributed by atoms with Crippen LogP contribution >= 0.6 is 0 Å². The van der Waals surface area contributed by atoms with Gasteiger partial charge in [0.2, 0.25) is 0 Å². The summed E-state index contributed by atoms with van der Waals surface area (Å²) in [7, 11) is 0. The third-order valence-electron chi connectivity index (χ3n) is 1.66. The molecule has 0 radical (unpaired) electrons. The van der Waals surface area contributed by atoms with Gasteiger partial charge in [-0.3, -0.25) is 9.59 Å². The van der Waals surface area contributed by atoms with Crippen molar-refractivity contribution < 1.29 is 24.2 Å². The van der Waals surface area contributed by atoms with Crippen molar-refractivity contribution in [2.75, 3.05) is 6.79 Å². The fourth-order valence-corrected chi connectivity index (χ4v) is 1.08. The zero-order valence-corrected chi connectivity index (χ0v) is 10.1. The van der Waals surface area contributed by atoms with Crippen LogP contribution in [0.3, 0.4) is 0 Å². The van der Waals surface area contributed by atoms with Crippen molar-refractivity contribution in [2.45, 2.75) is 52.1 Å². The lowest BCUT2D eigenvalue weighted by Gasteiger charge is -2.19. The lowest BCUT2D eigenvalue weighted by Crippen LogP contribution is -2.23. The minimum atomic E-state index is -0.592. The van der Waals surface area contributed by atoms with Crippen LogP contribution in [0.5, 0.6) is 0 Å². The molecule has 1 N–H and O–H groups in total. The van der Waals surface area contributed by atoms with Crippen molar-refractivity contribution in [3.05, 3.63) is 0 Å². The summed E-state index contributed by atoms with van der Waals surface area (Å²) in [5.41, 5.74) is -0.465. The molecule has 16 heavy (non-hydrogen) atoms. The molecular formula is C11H20O5. The topological polar surface area (TPSA) is 72.8 Å². The van der Waals surface area contributed by atoms with Crippen LogP contribution in [0.25, 0.3) is 0 Å². The lowest BCUT2D eigenvalue weighted by molar-refractivity contribution is -0.156. The van der Waals surface area contributed by atoms with Crippen LogP contribution in [-0.2, 0) is 19.1 Å². The first-order chi connectivity index (χ1) is 7.35. The zero-order valence-electron chi connectivity index (χ0n) is 10.1. The van der Waals surface area contributed by atoms with Crippen molar-refractivity contribution in [1.82, 2.24) is 0 Å². The average Bonchev–Trinajstić information content (AvgIpc) is 2.10. The van der Waals surface area contributed by atoms with Gasteiger partial charge in [-0.1, -0.05) is 0 Å². The Kier molecular flexibility index (Phi) is 6.72. The molecule has 0 heterocycles. The molecule has 0 atom stereocenters. The zero-order chi connectivity index (χ0) is 12.6. The number of hydrogen-bond acceptors (Lipinski definition) is 5. The van der Waals surface area contributed by atoms with E-state index in [-0.39, 0.29) is 12.4 Å². The van der Waals surface area contributed by atoms with Crippen LogP contribution in [-0.4, -0.2) is 29.4 Å². The molecule has 0 saturated carbocycles. The van der Waals surface area contributed by atoms with E-state index in [1.54, 1.807) is 0 Å². The summed E-state index contributed by atoms with van der Waals surface area (Å²) in [6, 6.07) is 0. The van der Waals surface area contributed by atoms with Crippen molar-refractivity contribution in [3.63, 3.8) is 0 Å². The molecule has 5 nitrogen and oxygen atoms in total. The number of aliphatic hydroxyl groups is 1. The third kappa shape index (κ3) is 9.45. The Morgan fingerprint density at radius 3 is 2.00 bits per heavy atom. The first kappa shape index (κ1) is 14.9. The number of carbonyl (C=O) groups is 2. The monoisotopic (exact) mass is 232 g/mol. The van der Waals surface area contributed by atoms with Crippen LogP contribution < -0.4 is 0 Å². The van der Waals surface area contributed by atoms with Gasteiger partial charge in [0.05, 0.1) is 0 Å². The maximum Gasteiger partial charge on any atom is 0.307 e. The normalized spacial score (nSPS) is 11.0. The second kappa shape index (κ2) is 7.22. The molecule has 0 bridgehead atoms. The van der Waals surface area contributed by atoms with Crippen molar-refractivity contribution >= 4 is 11.9 Å². The Bertz CT molecular complexity index is 229. The van der Waals surface area contributed by atoms with E-state index in [0.29, 0.717) is 19.3 Å². The van der Waals surface area contributed by atoms with Gasteiger partial charge in [-0.15, -0.1) is 0 Å². The van der Waals surface area contributed by atoms with Gasteiger partial charge in [-0.25, -0.2) is 0 Å². The number of unbranched alkanes of at least 4 members (excludes halogenated alkanes) is 1. The highest BCUT2D eigenvalue weighted by Gasteiger charge is 2.15. The molecule has 5 heteroatoms. The van der Waals surface area contributed by atoms with Crippen LogP contribution in [0.4, 0.5) is 0 Å². The van der Waals surface area contributed by atoms with Gasteiger partial charge in [0.25, 0.3) is 0 Å². The maximum absolute atomic E-state index is 11.3. The van der Waals surface area contributed by atoms with E-state index in [4.69, 9.17) is 9.84 Å². The summed E-state index contributed by atoms with van der Waals surface area (Å²) in [4.78, 5) is 22.1. The molecule has 0 unspecified atom stereocenters. The van der Waals surface area contributed by atoms with E-state index in [2.05, 4.69) is 4.74 Å². The highest BCUT2D eigenvalue weighted by molar-refractivity contribution is 5.70. The van der Waals surface area contributed by atoms with Gasteiger partial charge in [0, 0.05) is 12.8 Å². The molecular weight excluding hydrogens is 212 g/mol. The molecule has 0 spiro atoms. The predicted octanol–water partition coefficient (Wildman–Crippen LogP) is 1.38. The van der Waals surface area contributed by atoms with Gasteiger partial charge in [0.1, 0.15) is 5.60 Å². The fraction of sp³-hybridized carbons (Fsp3) is 0.818. The number of carbonyl (C=O) groups excluding carboxylic acids is 2. The first-order valence-corrected chi connectivity index (χ1v) is 5.33. The largest absolute Gasteiger partial charge is 0.460 e. The third-order valence-corrected chi connectivity index (χ3v) is 1.66. The van der Waals surface area contributed by atoms with Crippen LogP contribution in [0.15, 0.2) is 0 Å². The first-order valence-electron chi connectivity index (χ1n) is 5.33. The quantitative estimate of drug-likeness (QED) is 0.425. The molecule has 0 fully saturated rings. The summed E-state index contributed by atoms with van der Waals surface area (Å²) in [5, 5.41) is 8.29. The second-order valence-electron chi connectivity index (χ2n) is 4.44. The van der Waals surface area contributed by atoms with Crippen molar-refractivity contribution in [1.29, 1.82) is 0 Å². The SMILES string of the molecule is CC(C)(C)OC(=O)CCCCC(=O)OCO. The van der Waals surface area contributed by atoms with Crippen LogP contribution in [0.2, 0.25) is 0 Å². The summed E-state index contributed by atoms with van der Waals surface area (Å²) in [5.74, 6) is -0.713.